The maximum Gasteiger partial charge on any atom is 0.341 e. The second kappa shape index (κ2) is 3.18. The molecule has 0 aliphatic carbocycles. The minimum atomic E-state index is -4.43. The topological polar surface area (TPSA) is 34.1 Å². The molecule has 65 valence electrons. The highest BCUT2D eigenvalue weighted by Gasteiger charge is 2.25. The van der Waals surface area contributed by atoms with Crippen LogP contribution >= 0.6 is 0 Å². The molecule has 12 heavy (non-hydrogen) atoms. The van der Waals surface area contributed by atoms with Crippen LogP contribution in [0.15, 0.2) is 29.2 Å². The van der Waals surface area contributed by atoms with Crippen LogP contribution in [0.3, 0.4) is 0 Å². The Hall–Kier alpha value is -0.970. The Morgan fingerprint density at radius 3 is 2.17 bits per heavy atom. The van der Waals surface area contributed by atoms with Gasteiger partial charge in [-0.1, -0.05) is 12.1 Å². The van der Waals surface area contributed by atoms with E-state index in [4.69, 9.17) is 0 Å². The van der Waals surface area contributed by atoms with Crippen molar-refractivity contribution in [3.63, 3.8) is 0 Å². The molecule has 5 heteroatoms. The maximum atomic E-state index is 11.9. The molecule has 0 N–H and O–H groups in total. The summed E-state index contributed by atoms with van der Waals surface area (Å²) in [6.07, 6.45) is 0. The van der Waals surface area contributed by atoms with E-state index in [9.17, 15) is 17.2 Å². The van der Waals surface area contributed by atoms with E-state index in [0.717, 1.165) is 12.1 Å². The molecular formula is C7H5F2O2S. The first-order chi connectivity index (χ1) is 5.55. The summed E-state index contributed by atoms with van der Waals surface area (Å²) < 4.78 is 45.3. The molecule has 0 bridgehead atoms. The number of alkyl halides is 2. The van der Waals surface area contributed by atoms with Crippen molar-refractivity contribution in [2.45, 2.75) is 10.7 Å². The van der Waals surface area contributed by atoms with Crippen molar-refractivity contribution < 1.29 is 17.2 Å². The Labute approximate surface area is 68.8 Å². The molecule has 2 nitrogen and oxygen atoms in total. The molecule has 0 spiro atoms. The number of hydrogen-bond acceptors (Lipinski definition) is 2. The Morgan fingerprint density at radius 1 is 1.25 bits per heavy atom. The van der Waals surface area contributed by atoms with Crippen LogP contribution in [0.2, 0.25) is 0 Å². The summed E-state index contributed by atoms with van der Waals surface area (Å²) in [5.41, 5.74) is 0. The third-order valence-electron chi connectivity index (χ3n) is 1.25. The molecular weight excluding hydrogens is 186 g/mol. The predicted molar refractivity (Wildman–Crippen MR) is 38.5 cm³/mol. The lowest BCUT2D eigenvalue weighted by atomic mass is 10.4. The monoisotopic (exact) mass is 191 g/mol. The molecule has 0 unspecified atom stereocenters. The molecule has 0 saturated carbocycles. The molecule has 1 radical (unpaired) electrons. The molecule has 0 aliphatic heterocycles. The van der Waals surface area contributed by atoms with E-state index in [0.29, 0.717) is 0 Å². The summed E-state index contributed by atoms with van der Waals surface area (Å²) in [7, 11) is -4.43. The Balaban J connectivity index is 3.17. The summed E-state index contributed by atoms with van der Waals surface area (Å²) in [5.74, 6) is -3.36. The Morgan fingerprint density at radius 2 is 1.75 bits per heavy atom. The lowest BCUT2D eigenvalue weighted by molar-refractivity contribution is 0.234. The van der Waals surface area contributed by atoms with Gasteiger partial charge in [-0.25, -0.2) is 8.42 Å². The number of sulfone groups is 1. The van der Waals surface area contributed by atoms with Crippen LogP contribution in [0, 0.1) is 6.07 Å². The largest absolute Gasteiger partial charge is 0.341 e. The van der Waals surface area contributed by atoms with Crippen LogP contribution in [0.25, 0.3) is 0 Å². The summed E-state index contributed by atoms with van der Waals surface area (Å²) in [6, 6.07) is 7.25. The van der Waals surface area contributed by atoms with Gasteiger partial charge in [-0.15, -0.1) is 0 Å². The van der Waals surface area contributed by atoms with E-state index in [2.05, 4.69) is 6.07 Å². The minimum Gasteiger partial charge on any atom is -0.218 e. The van der Waals surface area contributed by atoms with Crippen LogP contribution in [0.4, 0.5) is 8.78 Å². The van der Waals surface area contributed by atoms with Crippen LogP contribution in [-0.2, 0) is 9.84 Å². The molecule has 0 atom stereocenters. The van der Waals surface area contributed by atoms with Gasteiger partial charge >= 0.3 is 5.76 Å². The van der Waals surface area contributed by atoms with Gasteiger partial charge in [-0.05, 0) is 18.2 Å². The van der Waals surface area contributed by atoms with E-state index < -0.39 is 15.6 Å². The van der Waals surface area contributed by atoms with E-state index >= 15 is 0 Å². The first-order valence-corrected chi connectivity index (χ1v) is 4.58. The Kier molecular flexibility index (Phi) is 2.42. The Bertz CT molecular complexity index is 345. The molecule has 0 saturated heterocycles. The van der Waals surface area contributed by atoms with Gasteiger partial charge in [-0.2, -0.15) is 8.78 Å². The van der Waals surface area contributed by atoms with Crippen LogP contribution < -0.4 is 0 Å². The fourth-order valence-electron chi connectivity index (χ4n) is 0.664. The van der Waals surface area contributed by atoms with Crippen LogP contribution in [-0.4, -0.2) is 14.2 Å². The fraction of sp³-hybridized carbons (Fsp3) is 0.143. The van der Waals surface area contributed by atoms with Crippen molar-refractivity contribution in [2.24, 2.45) is 0 Å². The second-order valence-electron chi connectivity index (χ2n) is 2.04. The summed E-state index contributed by atoms with van der Waals surface area (Å²) in [5, 5.41) is 0. The average Bonchev–Trinajstić information content (AvgIpc) is 2.06. The van der Waals surface area contributed by atoms with E-state index in [-0.39, 0.29) is 4.90 Å². The van der Waals surface area contributed by atoms with Gasteiger partial charge in [0, 0.05) is 0 Å². The van der Waals surface area contributed by atoms with Crippen molar-refractivity contribution in [2.75, 3.05) is 0 Å². The van der Waals surface area contributed by atoms with Crippen molar-refractivity contribution in [3.05, 3.63) is 30.3 Å². The van der Waals surface area contributed by atoms with Crippen molar-refractivity contribution in [1.82, 2.24) is 0 Å². The molecule has 1 aromatic carbocycles. The average molecular weight is 191 g/mol. The van der Waals surface area contributed by atoms with Crippen molar-refractivity contribution in [1.29, 1.82) is 0 Å². The maximum absolute atomic E-state index is 11.9. The summed E-state index contributed by atoms with van der Waals surface area (Å²) in [6.45, 7) is 0. The lowest BCUT2D eigenvalue weighted by Gasteiger charge is -2.00. The van der Waals surface area contributed by atoms with Crippen molar-refractivity contribution >= 4 is 9.84 Å². The molecule has 0 aromatic heterocycles. The van der Waals surface area contributed by atoms with Gasteiger partial charge in [0.2, 0.25) is 9.84 Å². The van der Waals surface area contributed by atoms with E-state index in [1.54, 1.807) is 0 Å². The van der Waals surface area contributed by atoms with Gasteiger partial charge in [0.15, 0.2) is 0 Å². The van der Waals surface area contributed by atoms with Crippen molar-refractivity contribution in [3.8, 4) is 0 Å². The summed E-state index contributed by atoms with van der Waals surface area (Å²) >= 11 is 0. The molecule has 1 rings (SSSR count). The molecule has 0 aliphatic rings. The molecule has 0 amide bonds. The van der Waals surface area contributed by atoms with Gasteiger partial charge < -0.3 is 0 Å². The summed E-state index contributed by atoms with van der Waals surface area (Å²) in [4.78, 5) is -0.378. The van der Waals surface area contributed by atoms with E-state index in [1.807, 2.05) is 0 Å². The minimum absolute atomic E-state index is 0.378. The smallest absolute Gasteiger partial charge is 0.218 e. The normalized spacial score (nSPS) is 11.9. The van der Waals surface area contributed by atoms with Gasteiger partial charge in [0.05, 0.1) is 4.90 Å². The lowest BCUT2D eigenvalue weighted by Crippen LogP contribution is -2.10. The van der Waals surface area contributed by atoms with Gasteiger partial charge in [-0.3, -0.25) is 0 Å². The standard InChI is InChI=1S/C7H5F2O2S/c8-7(9)12(10,11)6-4-2-1-3-5-6/h2-5,7H. The number of benzene rings is 1. The zero-order valence-electron chi connectivity index (χ0n) is 5.87. The highest BCUT2D eigenvalue weighted by molar-refractivity contribution is 7.91. The zero-order chi connectivity index (χ0) is 9.19. The first kappa shape index (κ1) is 9.12. The highest BCUT2D eigenvalue weighted by Crippen LogP contribution is 2.16. The number of halogens is 2. The van der Waals surface area contributed by atoms with Gasteiger partial charge in [0.25, 0.3) is 0 Å². The quantitative estimate of drug-likeness (QED) is 0.709. The molecule has 0 heterocycles. The van der Waals surface area contributed by atoms with Crippen LogP contribution in [0.1, 0.15) is 0 Å². The molecule has 1 aromatic rings. The van der Waals surface area contributed by atoms with Gasteiger partial charge in [0.1, 0.15) is 0 Å². The third-order valence-corrected chi connectivity index (χ3v) is 2.65. The zero-order valence-corrected chi connectivity index (χ0v) is 6.68. The number of hydrogen-bond donors (Lipinski definition) is 0. The second-order valence-corrected chi connectivity index (χ2v) is 3.96. The highest BCUT2D eigenvalue weighted by atomic mass is 32.2. The molecule has 0 fully saturated rings. The first-order valence-electron chi connectivity index (χ1n) is 3.03. The fourth-order valence-corrected chi connectivity index (χ4v) is 1.39. The SMILES string of the molecule is O=S(=O)(c1cc[c]cc1)C(F)F. The van der Waals surface area contributed by atoms with Crippen LogP contribution in [0.5, 0.6) is 0 Å². The number of rotatable bonds is 2. The van der Waals surface area contributed by atoms with E-state index in [1.165, 1.54) is 12.1 Å². The third kappa shape index (κ3) is 1.61. The predicted octanol–water partition coefficient (Wildman–Crippen LogP) is 1.48.